The van der Waals surface area contributed by atoms with Gasteiger partial charge in [0.2, 0.25) is 10.0 Å². The number of hydrogen-bond acceptors (Lipinski definition) is 5. The number of aromatic nitrogens is 1. The number of amides is 1. The van der Waals surface area contributed by atoms with Gasteiger partial charge in [-0.2, -0.15) is 5.10 Å². The molecule has 4 rings (SSSR count). The average molecular weight is 473 g/mol. The van der Waals surface area contributed by atoms with E-state index in [4.69, 9.17) is 4.98 Å². The zero-order valence-corrected chi connectivity index (χ0v) is 19.8. The molecular weight excluding hydrogens is 448 g/mol. The largest absolute Gasteiger partial charge is 0.284 e. The summed E-state index contributed by atoms with van der Waals surface area (Å²) in [5, 5.41) is 4.97. The monoisotopic (exact) mass is 472 g/mol. The van der Waals surface area contributed by atoms with Crippen molar-refractivity contribution in [3.05, 3.63) is 95.6 Å². The number of nitrogens with zero attached hydrogens (tertiary/aromatic N) is 2. The van der Waals surface area contributed by atoms with E-state index >= 15 is 0 Å². The number of hydrazone groups is 1. The Bertz CT molecular complexity index is 1510. The molecule has 1 aromatic heterocycles. The molecule has 172 valence electrons. The number of hydrogen-bond donors (Lipinski definition) is 2. The van der Waals surface area contributed by atoms with Crippen LogP contribution < -0.4 is 10.1 Å². The van der Waals surface area contributed by atoms with E-state index < -0.39 is 10.0 Å². The molecule has 0 atom stereocenters. The van der Waals surface area contributed by atoms with Gasteiger partial charge in [0.25, 0.3) is 5.91 Å². The minimum absolute atomic E-state index is 0.364. The molecule has 0 fully saturated rings. The van der Waals surface area contributed by atoms with Crippen LogP contribution in [0.4, 0.5) is 5.69 Å². The standard InChI is InChI=1S/C26H24N4O3S/c1-17-11-13-19(14-12-17)25-16-23(22-9-4-5-10-24(22)27-25)26(31)29-28-18(2)20-7-6-8-21(15-20)30-34(3,32)33/h4-16,30H,1-3H3,(H,29,31). The van der Waals surface area contributed by atoms with Crippen molar-refractivity contribution in [3.63, 3.8) is 0 Å². The number of aryl methyl sites for hydroxylation is 1. The third kappa shape index (κ3) is 5.47. The van der Waals surface area contributed by atoms with E-state index in [2.05, 4.69) is 15.2 Å². The van der Waals surface area contributed by atoms with E-state index in [0.717, 1.165) is 22.8 Å². The summed E-state index contributed by atoms with van der Waals surface area (Å²) in [5.74, 6) is -0.364. The van der Waals surface area contributed by atoms with E-state index in [1.165, 1.54) is 0 Å². The first kappa shape index (κ1) is 23.1. The Hall–Kier alpha value is -4.04. The number of para-hydroxylation sites is 1. The molecule has 34 heavy (non-hydrogen) atoms. The van der Waals surface area contributed by atoms with Crippen molar-refractivity contribution < 1.29 is 13.2 Å². The van der Waals surface area contributed by atoms with Gasteiger partial charge in [-0.25, -0.2) is 18.8 Å². The summed E-state index contributed by atoms with van der Waals surface area (Å²) in [7, 11) is -3.40. The highest BCUT2D eigenvalue weighted by molar-refractivity contribution is 7.92. The van der Waals surface area contributed by atoms with Crippen molar-refractivity contribution in [2.45, 2.75) is 13.8 Å². The van der Waals surface area contributed by atoms with Gasteiger partial charge in [-0.3, -0.25) is 9.52 Å². The fraction of sp³-hybridized carbons (Fsp3) is 0.115. The minimum Gasteiger partial charge on any atom is -0.284 e. The van der Waals surface area contributed by atoms with Gasteiger partial charge in [0, 0.05) is 16.6 Å². The van der Waals surface area contributed by atoms with E-state index in [0.29, 0.717) is 33.7 Å². The summed E-state index contributed by atoms with van der Waals surface area (Å²) >= 11 is 0. The third-order valence-electron chi connectivity index (χ3n) is 5.22. The summed E-state index contributed by atoms with van der Waals surface area (Å²) in [6.45, 7) is 3.76. The number of benzene rings is 3. The van der Waals surface area contributed by atoms with Gasteiger partial charge >= 0.3 is 0 Å². The molecule has 0 unspecified atom stereocenters. The molecule has 0 bridgehead atoms. The van der Waals surface area contributed by atoms with Gasteiger partial charge in [-0.05, 0) is 43.7 Å². The molecule has 0 aliphatic heterocycles. The number of anilines is 1. The SMILES string of the molecule is CC(=NNC(=O)c1cc(-c2ccc(C)cc2)nc2ccccc12)c1cccc(NS(C)(=O)=O)c1. The zero-order chi connectivity index (χ0) is 24.3. The van der Waals surface area contributed by atoms with E-state index in [-0.39, 0.29) is 5.91 Å². The Morgan fingerprint density at radius 2 is 1.68 bits per heavy atom. The molecular formula is C26H24N4O3S. The van der Waals surface area contributed by atoms with Crippen molar-refractivity contribution in [3.8, 4) is 11.3 Å². The van der Waals surface area contributed by atoms with Crippen LogP contribution >= 0.6 is 0 Å². The molecule has 2 N–H and O–H groups in total. The van der Waals surface area contributed by atoms with Crippen molar-refractivity contribution in [1.82, 2.24) is 10.4 Å². The summed E-state index contributed by atoms with van der Waals surface area (Å²) in [6.07, 6.45) is 1.09. The lowest BCUT2D eigenvalue weighted by Crippen LogP contribution is -2.20. The Morgan fingerprint density at radius 3 is 2.41 bits per heavy atom. The Morgan fingerprint density at radius 1 is 0.941 bits per heavy atom. The van der Waals surface area contributed by atoms with E-state index in [1.807, 2.05) is 55.5 Å². The minimum atomic E-state index is -3.40. The van der Waals surface area contributed by atoms with Gasteiger partial charge in [0.15, 0.2) is 0 Å². The van der Waals surface area contributed by atoms with Crippen molar-refractivity contribution in [2.24, 2.45) is 5.10 Å². The molecule has 0 saturated carbocycles. The van der Waals surface area contributed by atoms with Crippen LogP contribution in [0.5, 0.6) is 0 Å². The van der Waals surface area contributed by atoms with Crippen LogP contribution in [0.15, 0.2) is 84.0 Å². The second-order valence-electron chi connectivity index (χ2n) is 8.03. The summed E-state index contributed by atoms with van der Waals surface area (Å²) in [4.78, 5) is 17.9. The molecule has 0 radical (unpaired) electrons. The van der Waals surface area contributed by atoms with Gasteiger partial charge in [0.05, 0.1) is 28.7 Å². The molecule has 0 saturated heterocycles. The summed E-state index contributed by atoms with van der Waals surface area (Å²) < 4.78 is 25.4. The van der Waals surface area contributed by atoms with Crippen LogP contribution in [-0.4, -0.2) is 31.3 Å². The van der Waals surface area contributed by atoms with Gasteiger partial charge < -0.3 is 0 Å². The second kappa shape index (κ2) is 9.44. The number of nitrogens with one attached hydrogen (secondary N) is 2. The number of fused-ring (bicyclic) bond motifs is 1. The molecule has 7 nitrogen and oxygen atoms in total. The highest BCUT2D eigenvalue weighted by Crippen LogP contribution is 2.25. The highest BCUT2D eigenvalue weighted by atomic mass is 32.2. The number of rotatable bonds is 6. The number of carbonyl (C=O) groups is 1. The molecule has 8 heteroatoms. The molecule has 1 heterocycles. The smallest absolute Gasteiger partial charge is 0.272 e. The first-order valence-electron chi connectivity index (χ1n) is 10.6. The quantitative estimate of drug-likeness (QED) is 0.313. The molecule has 0 spiro atoms. The lowest BCUT2D eigenvalue weighted by atomic mass is 10.0. The van der Waals surface area contributed by atoms with Gasteiger partial charge in [-0.15, -0.1) is 0 Å². The van der Waals surface area contributed by atoms with E-state index in [9.17, 15) is 13.2 Å². The van der Waals surface area contributed by atoms with E-state index in [1.54, 1.807) is 37.3 Å². The number of pyridine rings is 1. The second-order valence-corrected chi connectivity index (χ2v) is 9.78. The van der Waals surface area contributed by atoms with Crippen molar-refractivity contribution in [2.75, 3.05) is 11.0 Å². The van der Waals surface area contributed by atoms with Crippen molar-refractivity contribution in [1.29, 1.82) is 0 Å². The van der Waals surface area contributed by atoms with Crippen molar-refractivity contribution >= 4 is 38.2 Å². The third-order valence-corrected chi connectivity index (χ3v) is 5.82. The first-order chi connectivity index (χ1) is 16.2. The summed E-state index contributed by atoms with van der Waals surface area (Å²) in [6, 6.07) is 24.0. The zero-order valence-electron chi connectivity index (χ0n) is 19.0. The van der Waals surface area contributed by atoms with Crippen LogP contribution in [0.3, 0.4) is 0 Å². The first-order valence-corrected chi connectivity index (χ1v) is 12.5. The van der Waals surface area contributed by atoms with Crippen LogP contribution in [0.2, 0.25) is 0 Å². The lowest BCUT2D eigenvalue weighted by molar-refractivity contribution is 0.0956. The predicted octanol–water partition coefficient (Wildman–Crippen LogP) is 4.74. The fourth-order valence-corrected chi connectivity index (χ4v) is 4.07. The lowest BCUT2D eigenvalue weighted by Gasteiger charge is -2.10. The Kier molecular flexibility index (Phi) is 6.43. The van der Waals surface area contributed by atoms with Crippen LogP contribution in [0.1, 0.15) is 28.4 Å². The highest BCUT2D eigenvalue weighted by Gasteiger charge is 2.14. The Balaban J connectivity index is 1.65. The van der Waals surface area contributed by atoms with Crippen LogP contribution in [-0.2, 0) is 10.0 Å². The summed E-state index contributed by atoms with van der Waals surface area (Å²) in [5.41, 5.74) is 8.19. The maximum absolute atomic E-state index is 13.1. The Labute approximate surface area is 198 Å². The van der Waals surface area contributed by atoms with Crippen LogP contribution in [0.25, 0.3) is 22.2 Å². The van der Waals surface area contributed by atoms with Crippen LogP contribution in [0, 0.1) is 6.92 Å². The maximum Gasteiger partial charge on any atom is 0.272 e. The van der Waals surface area contributed by atoms with Gasteiger partial charge in [-0.1, -0.05) is 60.2 Å². The molecule has 1 amide bonds. The maximum atomic E-state index is 13.1. The predicted molar refractivity (Wildman–Crippen MR) is 137 cm³/mol. The molecule has 3 aromatic carbocycles. The molecule has 0 aliphatic rings. The molecule has 4 aromatic rings. The number of sulfonamides is 1. The molecule has 0 aliphatic carbocycles. The fourth-order valence-electron chi connectivity index (χ4n) is 3.52. The normalized spacial score (nSPS) is 11.9. The average Bonchev–Trinajstić information content (AvgIpc) is 2.81. The van der Waals surface area contributed by atoms with Gasteiger partial charge in [0.1, 0.15) is 0 Å². The number of carbonyl (C=O) groups excluding carboxylic acids is 1. The topological polar surface area (TPSA) is 101 Å².